The lowest BCUT2D eigenvalue weighted by Crippen LogP contribution is -2.60. The van der Waals surface area contributed by atoms with Gasteiger partial charge >= 0.3 is 0 Å². The highest BCUT2D eigenvalue weighted by atomic mass is 16.7. The Labute approximate surface area is 327 Å². The molecule has 0 spiro atoms. The predicted octanol–water partition coefficient (Wildman–Crippen LogP) is 6.28. The first-order chi connectivity index (χ1) is 26.2. The lowest BCUT2D eigenvalue weighted by Gasteiger charge is -2.40. The molecule has 0 bridgehead atoms. The molecular weight excluding hydrogens is 690 g/mol. The van der Waals surface area contributed by atoms with Gasteiger partial charge in [0.05, 0.1) is 25.4 Å². The van der Waals surface area contributed by atoms with Gasteiger partial charge in [-0.1, -0.05) is 160 Å². The Morgan fingerprint density at radius 2 is 1.11 bits per heavy atom. The second-order valence-corrected chi connectivity index (χ2v) is 15.4. The fourth-order valence-corrected chi connectivity index (χ4v) is 6.84. The van der Waals surface area contributed by atoms with Crippen molar-refractivity contribution in [3.8, 4) is 0 Å². The summed E-state index contributed by atoms with van der Waals surface area (Å²) in [6.45, 7) is 3.38. The average Bonchev–Trinajstić information content (AvgIpc) is 3.17. The van der Waals surface area contributed by atoms with Crippen molar-refractivity contribution in [1.82, 2.24) is 5.32 Å². The molecule has 1 rings (SSSR count). The van der Waals surface area contributed by atoms with E-state index < -0.39 is 74.2 Å². The van der Waals surface area contributed by atoms with Gasteiger partial charge < -0.3 is 50.5 Å². The number of rotatable bonds is 35. The Bertz CT molecular complexity index is 934. The molecule has 318 valence electrons. The third kappa shape index (κ3) is 23.6. The summed E-state index contributed by atoms with van der Waals surface area (Å²) in [6, 6.07) is -1.17. The van der Waals surface area contributed by atoms with E-state index in [9.17, 15) is 40.5 Å². The summed E-state index contributed by atoms with van der Waals surface area (Å²) < 4.78 is 11.1. The standard InChI is InChI=1S/C43H81NO10/c1-3-5-7-9-11-13-15-17-19-21-23-25-27-29-31-36(47)42(52)44-34(33-53-43-41(51)40(50)39(49)37(32-45)54-43)38(48)35(46)30-28-26-24-22-20-18-16-14-12-10-8-6-4-2/h11,13,15,17,34-41,43,45-51H,3-10,12,14,16,18-33H2,1-2H3,(H,44,52)/b13-11-,17-15-. The van der Waals surface area contributed by atoms with Crippen LogP contribution < -0.4 is 5.32 Å². The van der Waals surface area contributed by atoms with Crippen LogP contribution in [0.4, 0.5) is 0 Å². The topological polar surface area (TPSA) is 189 Å². The maximum Gasteiger partial charge on any atom is 0.249 e. The number of hydrogen-bond donors (Lipinski definition) is 8. The first kappa shape index (κ1) is 50.6. The van der Waals surface area contributed by atoms with Gasteiger partial charge in [-0.3, -0.25) is 4.79 Å². The van der Waals surface area contributed by atoms with Crippen molar-refractivity contribution in [1.29, 1.82) is 0 Å². The van der Waals surface area contributed by atoms with Crippen LogP contribution >= 0.6 is 0 Å². The second kappa shape index (κ2) is 33.7. The van der Waals surface area contributed by atoms with Crippen molar-refractivity contribution in [3.05, 3.63) is 24.3 Å². The van der Waals surface area contributed by atoms with Gasteiger partial charge in [0, 0.05) is 0 Å². The second-order valence-electron chi connectivity index (χ2n) is 15.4. The van der Waals surface area contributed by atoms with E-state index in [1.54, 1.807) is 0 Å². The highest BCUT2D eigenvalue weighted by Gasteiger charge is 2.44. The lowest BCUT2D eigenvalue weighted by atomic mass is 9.98. The zero-order chi connectivity index (χ0) is 39.8. The van der Waals surface area contributed by atoms with Gasteiger partial charge in [-0.15, -0.1) is 0 Å². The molecule has 0 saturated carbocycles. The van der Waals surface area contributed by atoms with Gasteiger partial charge in [0.15, 0.2) is 6.29 Å². The zero-order valence-electron chi connectivity index (χ0n) is 34.0. The highest BCUT2D eigenvalue weighted by molar-refractivity contribution is 5.80. The number of carbonyl (C=O) groups is 1. The lowest BCUT2D eigenvalue weighted by molar-refractivity contribution is -0.303. The number of aliphatic hydroxyl groups is 7. The fourth-order valence-electron chi connectivity index (χ4n) is 6.84. The smallest absolute Gasteiger partial charge is 0.249 e. The Morgan fingerprint density at radius 3 is 1.65 bits per heavy atom. The number of nitrogens with one attached hydrogen (secondary N) is 1. The molecular formula is C43H81NO10. The Kier molecular flexibility index (Phi) is 31.6. The van der Waals surface area contributed by atoms with Crippen LogP contribution in [-0.4, -0.2) is 110 Å². The molecule has 0 radical (unpaired) electrons. The van der Waals surface area contributed by atoms with Crippen LogP contribution in [0.2, 0.25) is 0 Å². The Balaban J connectivity index is 2.52. The van der Waals surface area contributed by atoms with E-state index in [0.29, 0.717) is 19.3 Å². The minimum atomic E-state index is -1.66. The van der Waals surface area contributed by atoms with Gasteiger partial charge in [0.2, 0.25) is 5.91 Å². The monoisotopic (exact) mass is 772 g/mol. The van der Waals surface area contributed by atoms with Crippen LogP contribution in [0.1, 0.15) is 174 Å². The maximum absolute atomic E-state index is 13.0. The third-order valence-electron chi connectivity index (χ3n) is 10.5. The van der Waals surface area contributed by atoms with Crippen LogP contribution in [0.15, 0.2) is 24.3 Å². The predicted molar refractivity (Wildman–Crippen MR) is 215 cm³/mol. The molecule has 1 amide bonds. The van der Waals surface area contributed by atoms with E-state index in [4.69, 9.17) is 9.47 Å². The molecule has 8 N–H and O–H groups in total. The van der Waals surface area contributed by atoms with Crippen LogP contribution in [0.25, 0.3) is 0 Å². The van der Waals surface area contributed by atoms with Gasteiger partial charge in [-0.05, 0) is 38.5 Å². The van der Waals surface area contributed by atoms with Crippen molar-refractivity contribution in [2.75, 3.05) is 13.2 Å². The largest absolute Gasteiger partial charge is 0.394 e. The summed E-state index contributed by atoms with van der Waals surface area (Å²) in [7, 11) is 0. The third-order valence-corrected chi connectivity index (χ3v) is 10.5. The zero-order valence-corrected chi connectivity index (χ0v) is 34.0. The van der Waals surface area contributed by atoms with Crippen LogP contribution in [0.3, 0.4) is 0 Å². The first-order valence-corrected chi connectivity index (χ1v) is 21.8. The number of aliphatic hydroxyl groups excluding tert-OH is 7. The van der Waals surface area contributed by atoms with Crippen molar-refractivity contribution in [2.45, 2.75) is 229 Å². The van der Waals surface area contributed by atoms with Crippen molar-refractivity contribution < 1.29 is 50.0 Å². The molecule has 1 heterocycles. The molecule has 0 aliphatic carbocycles. The molecule has 0 aromatic carbocycles. The molecule has 11 heteroatoms. The minimum absolute atomic E-state index is 0.243. The summed E-state index contributed by atoms with van der Waals surface area (Å²) in [5.41, 5.74) is 0. The van der Waals surface area contributed by atoms with E-state index in [1.165, 1.54) is 77.0 Å². The SMILES string of the molecule is CCCCC/C=C\C=C/CCCCCCCC(O)C(=O)NC(COC1OC(CO)C(O)C(O)C1O)C(O)C(O)CCCCCCCCCCCCCCC. The molecule has 9 atom stereocenters. The molecule has 1 saturated heterocycles. The first-order valence-electron chi connectivity index (χ1n) is 21.8. The van der Waals surface area contributed by atoms with E-state index in [2.05, 4.69) is 43.5 Å². The molecule has 0 aromatic rings. The quantitative estimate of drug-likeness (QED) is 0.0269. The number of amides is 1. The molecule has 9 unspecified atom stereocenters. The van der Waals surface area contributed by atoms with Gasteiger partial charge in [-0.25, -0.2) is 0 Å². The number of ether oxygens (including phenoxy) is 2. The van der Waals surface area contributed by atoms with E-state index in [1.807, 2.05) is 0 Å². The number of unbranched alkanes of at least 4 members (excludes halogenated alkanes) is 20. The molecule has 0 aromatic heterocycles. The van der Waals surface area contributed by atoms with E-state index >= 15 is 0 Å². The fraction of sp³-hybridized carbons (Fsp3) is 0.884. The molecule has 1 aliphatic rings. The van der Waals surface area contributed by atoms with Crippen LogP contribution in [0, 0.1) is 0 Å². The maximum atomic E-state index is 13.0. The van der Waals surface area contributed by atoms with Crippen molar-refractivity contribution in [3.63, 3.8) is 0 Å². The van der Waals surface area contributed by atoms with Gasteiger partial charge in [0.25, 0.3) is 0 Å². The van der Waals surface area contributed by atoms with E-state index in [-0.39, 0.29) is 6.42 Å². The number of allylic oxidation sites excluding steroid dienone is 4. The normalized spacial score (nSPS) is 22.9. The van der Waals surface area contributed by atoms with Crippen molar-refractivity contribution >= 4 is 5.91 Å². The van der Waals surface area contributed by atoms with Crippen LogP contribution in [0.5, 0.6) is 0 Å². The summed E-state index contributed by atoms with van der Waals surface area (Å²) >= 11 is 0. The van der Waals surface area contributed by atoms with Crippen LogP contribution in [-0.2, 0) is 14.3 Å². The number of carbonyl (C=O) groups excluding carboxylic acids is 1. The molecule has 11 nitrogen and oxygen atoms in total. The highest BCUT2D eigenvalue weighted by Crippen LogP contribution is 2.23. The summed E-state index contributed by atoms with van der Waals surface area (Å²) in [5, 5.41) is 75.5. The summed E-state index contributed by atoms with van der Waals surface area (Å²) in [5.74, 6) is -0.711. The van der Waals surface area contributed by atoms with Crippen molar-refractivity contribution in [2.24, 2.45) is 0 Å². The molecule has 54 heavy (non-hydrogen) atoms. The van der Waals surface area contributed by atoms with E-state index in [0.717, 1.165) is 57.8 Å². The molecule has 1 fully saturated rings. The van der Waals surface area contributed by atoms with Gasteiger partial charge in [-0.2, -0.15) is 0 Å². The summed E-state index contributed by atoms with van der Waals surface area (Å²) in [6.07, 6.45) is 23.6. The number of hydrogen-bond acceptors (Lipinski definition) is 10. The van der Waals surface area contributed by atoms with Gasteiger partial charge in [0.1, 0.15) is 36.6 Å². The molecule has 1 aliphatic heterocycles. The average molecular weight is 772 g/mol. The Hall–Kier alpha value is -1.41. The summed E-state index contributed by atoms with van der Waals surface area (Å²) in [4.78, 5) is 13.0. The Morgan fingerprint density at radius 1 is 0.648 bits per heavy atom. The minimum Gasteiger partial charge on any atom is -0.394 e.